The molecule has 0 aliphatic carbocycles. The van der Waals surface area contributed by atoms with Crippen LogP contribution in [0, 0.1) is 13.8 Å². The van der Waals surface area contributed by atoms with Crippen LogP contribution in [0.5, 0.6) is 11.5 Å². The van der Waals surface area contributed by atoms with Crippen LogP contribution in [-0.2, 0) is 6.42 Å². The molecule has 1 heteroatoms. The lowest BCUT2D eigenvalue weighted by Crippen LogP contribution is -1.95. The third-order valence-corrected chi connectivity index (χ3v) is 4.51. The maximum absolute atomic E-state index is 6.14. The summed E-state index contributed by atoms with van der Waals surface area (Å²) in [7, 11) is 0. The Balaban J connectivity index is 1.94. The molecule has 0 bridgehead atoms. The highest BCUT2D eigenvalue weighted by atomic mass is 16.5. The first-order valence-electron chi connectivity index (χ1n) is 9.04. The highest BCUT2D eigenvalue weighted by molar-refractivity contribution is 5.43. The van der Waals surface area contributed by atoms with Gasteiger partial charge in [-0.2, -0.15) is 0 Å². The van der Waals surface area contributed by atoms with Crippen LogP contribution >= 0.6 is 0 Å². The average molecular weight is 310 g/mol. The van der Waals surface area contributed by atoms with Crippen LogP contribution in [0.15, 0.2) is 42.5 Å². The van der Waals surface area contributed by atoms with E-state index in [9.17, 15) is 0 Å². The first-order chi connectivity index (χ1) is 11.2. The van der Waals surface area contributed by atoms with Gasteiger partial charge in [-0.25, -0.2) is 0 Å². The Morgan fingerprint density at radius 2 is 1.43 bits per heavy atom. The topological polar surface area (TPSA) is 9.23 Å². The maximum atomic E-state index is 6.14. The summed E-state index contributed by atoms with van der Waals surface area (Å²) < 4.78 is 6.14. The van der Waals surface area contributed by atoms with Crippen LogP contribution in [0.25, 0.3) is 0 Å². The van der Waals surface area contributed by atoms with Gasteiger partial charge >= 0.3 is 0 Å². The zero-order valence-electron chi connectivity index (χ0n) is 14.9. The molecular weight excluding hydrogens is 280 g/mol. The quantitative estimate of drug-likeness (QED) is 0.453. The molecule has 0 heterocycles. The lowest BCUT2D eigenvalue weighted by Gasteiger charge is -2.14. The van der Waals surface area contributed by atoms with Crippen LogP contribution in [0.4, 0.5) is 0 Å². The number of benzene rings is 2. The summed E-state index contributed by atoms with van der Waals surface area (Å²) in [5.74, 6) is 1.94. The van der Waals surface area contributed by atoms with E-state index in [1.165, 1.54) is 55.2 Å². The van der Waals surface area contributed by atoms with Crippen molar-refractivity contribution in [2.45, 2.75) is 65.7 Å². The van der Waals surface area contributed by atoms with Gasteiger partial charge in [0, 0.05) is 0 Å². The fourth-order valence-corrected chi connectivity index (χ4v) is 2.93. The first kappa shape index (κ1) is 17.6. The minimum atomic E-state index is 0.951. The van der Waals surface area contributed by atoms with Crippen LogP contribution in [0.2, 0.25) is 0 Å². The molecule has 2 aromatic rings. The van der Waals surface area contributed by atoms with E-state index in [1.807, 2.05) is 18.2 Å². The van der Waals surface area contributed by atoms with E-state index in [2.05, 4.69) is 45.0 Å². The summed E-state index contributed by atoms with van der Waals surface area (Å²) in [5.41, 5.74) is 3.88. The van der Waals surface area contributed by atoms with E-state index in [-0.39, 0.29) is 0 Å². The molecule has 0 radical (unpaired) electrons. The second-order valence-corrected chi connectivity index (χ2v) is 6.43. The minimum absolute atomic E-state index is 0.951. The van der Waals surface area contributed by atoms with E-state index < -0.39 is 0 Å². The number of ether oxygens (including phenoxy) is 1. The number of rotatable bonds is 9. The Hall–Kier alpha value is -1.76. The molecule has 0 aliphatic rings. The maximum Gasteiger partial charge on any atom is 0.130 e. The van der Waals surface area contributed by atoms with Crippen molar-refractivity contribution in [3.05, 3.63) is 59.2 Å². The van der Waals surface area contributed by atoms with Crippen molar-refractivity contribution in [1.29, 1.82) is 0 Å². The van der Waals surface area contributed by atoms with Crippen molar-refractivity contribution in [2.75, 3.05) is 0 Å². The van der Waals surface area contributed by atoms with Crippen molar-refractivity contribution in [3.8, 4) is 11.5 Å². The van der Waals surface area contributed by atoms with Crippen molar-refractivity contribution < 1.29 is 4.74 Å². The molecule has 0 unspecified atom stereocenters. The van der Waals surface area contributed by atoms with E-state index >= 15 is 0 Å². The van der Waals surface area contributed by atoms with E-state index in [0.717, 1.165) is 17.9 Å². The third-order valence-electron chi connectivity index (χ3n) is 4.51. The second kappa shape index (κ2) is 9.39. The van der Waals surface area contributed by atoms with Gasteiger partial charge in [-0.15, -0.1) is 0 Å². The normalized spacial score (nSPS) is 10.7. The Morgan fingerprint density at radius 1 is 0.739 bits per heavy atom. The molecular formula is C22H30O. The van der Waals surface area contributed by atoms with Crippen molar-refractivity contribution in [2.24, 2.45) is 0 Å². The van der Waals surface area contributed by atoms with Gasteiger partial charge in [0.25, 0.3) is 0 Å². The van der Waals surface area contributed by atoms with E-state index in [4.69, 9.17) is 4.74 Å². The molecule has 0 aromatic heterocycles. The average Bonchev–Trinajstić information content (AvgIpc) is 2.56. The van der Waals surface area contributed by atoms with Gasteiger partial charge in [-0.1, -0.05) is 69.4 Å². The molecule has 1 nitrogen and oxygen atoms in total. The van der Waals surface area contributed by atoms with Crippen molar-refractivity contribution >= 4 is 0 Å². The molecule has 0 N–H and O–H groups in total. The molecule has 0 amide bonds. The Kier molecular flexibility index (Phi) is 7.19. The zero-order chi connectivity index (χ0) is 16.5. The molecule has 0 spiro atoms. The SMILES string of the molecule is CCCCCCCCc1cccc(Oc2ccccc2C)c1C. The van der Waals surface area contributed by atoms with Gasteiger partial charge < -0.3 is 4.74 Å². The summed E-state index contributed by atoms with van der Waals surface area (Å²) >= 11 is 0. The minimum Gasteiger partial charge on any atom is -0.457 e. The van der Waals surface area contributed by atoms with Gasteiger partial charge in [-0.3, -0.25) is 0 Å². The number of aryl methyl sites for hydroxylation is 2. The highest BCUT2D eigenvalue weighted by Crippen LogP contribution is 2.29. The first-order valence-corrected chi connectivity index (χ1v) is 9.04. The molecule has 2 aromatic carbocycles. The predicted octanol–water partition coefficient (Wildman–Crippen LogP) is 7.00. The monoisotopic (exact) mass is 310 g/mol. The molecule has 0 saturated heterocycles. The molecule has 2 rings (SSSR count). The van der Waals surface area contributed by atoms with Crippen molar-refractivity contribution in [3.63, 3.8) is 0 Å². The third kappa shape index (κ3) is 5.42. The molecule has 124 valence electrons. The Bertz CT molecular complexity index is 601. The number of hydrogen-bond donors (Lipinski definition) is 0. The van der Waals surface area contributed by atoms with E-state index in [1.54, 1.807) is 0 Å². The largest absolute Gasteiger partial charge is 0.457 e. The smallest absolute Gasteiger partial charge is 0.130 e. The highest BCUT2D eigenvalue weighted by Gasteiger charge is 2.07. The summed E-state index contributed by atoms with van der Waals surface area (Å²) in [6.45, 7) is 6.54. The summed E-state index contributed by atoms with van der Waals surface area (Å²) in [6, 6.07) is 14.6. The van der Waals surface area contributed by atoms with Gasteiger partial charge in [0.1, 0.15) is 11.5 Å². The van der Waals surface area contributed by atoms with Crippen LogP contribution in [0.3, 0.4) is 0 Å². The summed E-state index contributed by atoms with van der Waals surface area (Å²) in [5, 5.41) is 0. The van der Waals surface area contributed by atoms with Gasteiger partial charge in [0.05, 0.1) is 0 Å². The summed E-state index contributed by atoms with van der Waals surface area (Å²) in [6.07, 6.45) is 9.21. The Morgan fingerprint density at radius 3 is 2.22 bits per heavy atom. The standard InChI is InChI=1S/C22H30O/c1-4-5-6-7-8-9-14-20-15-12-17-22(19(20)3)23-21-16-11-10-13-18(21)2/h10-13,15-17H,4-9,14H2,1-3H3. The lowest BCUT2D eigenvalue weighted by molar-refractivity contribution is 0.474. The Labute approximate surface area is 141 Å². The number of hydrogen-bond acceptors (Lipinski definition) is 1. The zero-order valence-corrected chi connectivity index (χ0v) is 14.9. The molecule has 0 atom stereocenters. The lowest BCUT2D eigenvalue weighted by atomic mass is 10.0. The van der Waals surface area contributed by atoms with Gasteiger partial charge in [-0.05, 0) is 55.5 Å². The van der Waals surface area contributed by atoms with Gasteiger partial charge in [0.15, 0.2) is 0 Å². The van der Waals surface area contributed by atoms with Crippen LogP contribution in [-0.4, -0.2) is 0 Å². The molecule has 0 saturated carbocycles. The van der Waals surface area contributed by atoms with E-state index in [0.29, 0.717) is 0 Å². The summed E-state index contributed by atoms with van der Waals surface area (Å²) in [4.78, 5) is 0. The van der Waals surface area contributed by atoms with Crippen LogP contribution in [0.1, 0.15) is 62.1 Å². The number of unbranched alkanes of at least 4 members (excludes halogenated alkanes) is 5. The van der Waals surface area contributed by atoms with Gasteiger partial charge in [0.2, 0.25) is 0 Å². The fraction of sp³-hybridized carbons (Fsp3) is 0.455. The fourth-order valence-electron chi connectivity index (χ4n) is 2.93. The molecule has 0 fully saturated rings. The number of para-hydroxylation sites is 1. The van der Waals surface area contributed by atoms with Crippen molar-refractivity contribution in [1.82, 2.24) is 0 Å². The second-order valence-electron chi connectivity index (χ2n) is 6.43. The molecule has 0 aliphatic heterocycles. The molecule has 23 heavy (non-hydrogen) atoms. The predicted molar refractivity (Wildman–Crippen MR) is 99.5 cm³/mol. The van der Waals surface area contributed by atoms with Crippen LogP contribution < -0.4 is 4.74 Å².